The fourth-order valence-electron chi connectivity index (χ4n) is 1.67. The Labute approximate surface area is 118 Å². The monoisotopic (exact) mass is 303 g/mol. The Kier molecular flexibility index (Phi) is 4.44. The molecule has 2 aromatic rings. The molecule has 1 aromatic carbocycles. The zero-order valence-electron chi connectivity index (χ0n) is 10.4. The molecule has 19 heavy (non-hydrogen) atoms. The molecule has 1 aromatic heterocycles. The van der Waals surface area contributed by atoms with E-state index in [0.717, 1.165) is 23.6 Å². The maximum absolute atomic E-state index is 13.8. The first-order valence-electron chi connectivity index (χ1n) is 5.72. The van der Waals surface area contributed by atoms with Crippen molar-refractivity contribution in [1.82, 2.24) is 15.5 Å². The van der Waals surface area contributed by atoms with Crippen LogP contribution in [-0.4, -0.2) is 17.2 Å². The van der Waals surface area contributed by atoms with Crippen LogP contribution in [0.4, 0.5) is 8.78 Å². The zero-order chi connectivity index (χ0) is 14.0. The van der Waals surface area contributed by atoms with Crippen molar-refractivity contribution in [2.45, 2.75) is 19.4 Å². The lowest BCUT2D eigenvalue weighted by molar-refractivity contribution is 0.568. The van der Waals surface area contributed by atoms with Crippen LogP contribution in [0, 0.1) is 11.6 Å². The second-order valence-electron chi connectivity index (χ2n) is 3.94. The molecule has 0 saturated carbocycles. The molecule has 0 aliphatic rings. The van der Waals surface area contributed by atoms with E-state index in [1.807, 2.05) is 14.0 Å². The number of aromatic nitrogens is 2. The van der Waals surface area contributed by atoms with E-state index in [4.69, 9.17) is 11.6 Å². The first kappa shape index (κ1) is 14.3. The van der Waals surface area contributed by atoms with Crippen molar-refractivity contribution in [2.24, 2.45) is 0 Å². The van der Waals surface area contributed by atoms with Crippen LogP contribution >= 0.6 is 22.9 Å². The number of nitrogens with one attached hydrogen (secondary N) is 1. The molecular weight excluding hydrogens is 292 g/mol. The molecule has 1 N–H and O–H groups in total. The normalized spacial score (nSPS) is 12.7. The van der Waals surface area contributed by atoms with Gasteiger partial charge in [-0.15, -0.1) is 10.2 Å². The van der Waals surface area contributed by atoms with Crippen LogP contribution < -0.4 is 5.32 Å². The van der Waals surface area contributed by atoms with Gasteiger partial charge in [0.1, 0.15) is 16.6 Å². The summed E-state index contributed by atoms with van der Waals surface area (Å²) in [6.07, 6.45) is 0.836. The molecule has 1 atom stereocenters. The van der Waals surface area contributed by atoms with Gasteiger partial charge in [0, 0.05) is 0 Å². The largest absolute Gasteiger partial charge is 0.311 e. The Morgan fingerprint density at radius 2 is 2.05 bits per heavy atom. The lowest BCUT2D eigenvalue weighted by atomic mass is 10.2. The standard InChI is InChI=1S/C12H12ClF2N3S/c1-3-10(16-2)12-18-17-11(19-12)6-4-9(15)7(13)5-8(6)14/h4-5,10,16H,3H2,1-2H3. The molecule has 0 saturated heterocycles. The smallest absolute Gasteiger partial charge is 0.150 e. The van der Waals surface area contributed by atoms with Crippen molar-refractivity contribution in [3.05, 3.63) is 33.8 Å². The lowest BCUT2D eigenvalue weighted by Crippen LogP contribution is -2.14. The van der Waals surface area contributed by atoms with E-state index in [2.05, 4.69) is 15.5 Å². The van der Waals surface area contributed by atoms with Gasteiger partial charge >= 0.3 is 0 Å². The summed E-state index contributed by atoms with van der Waals surface area (Å²) in [5.74, 6) is -1.28. The summed E-state index contributed by atoms with van der Waals surface area (Å²) in [6, 6.07) is 2.05. The summed E-state index contributed by atoms with van der Waals surface area (Å²) in [6.45, 7) is 2.00. The summed E-state index contributed by atoms with van der Waals surface area (Å²) < 4.78 is 27.2. The summed E-state index contributed by atoms with van der Waals surface area (Å²) >= 11 is 6.75. The average Bonchev–Trinajstić information content (AvgIpc) is 2.85. The van der Waals surface area contributed by atoms with E-state index in [-0.39, 0.29) is 16.6 Å². The highest BCUT2D eigenvalue weighted by atomic mass is 35.5. The fourth-order valence-corrected chi connectivity index (χ4v) is 2.88. The number of nitrogens with zero attached hydrogens (tertiary/aromatic N) is 2. The summed E-state index contributed by atoms with van der Waals surface area (Å²) in [7, 11) is 1.82. The third-order valence-electron chi connectivity index (χ3n) is 2.74. The van der Waals surface area contributed by atoms with Gasteiger partial charge in [-0.25, -0.2) is 8.78 Å². The fraction of sp³-hybridized carbons (Fsp3) is 0.333. The van der Waals surface area contributed by atoms with Gasteiger partial charge in [0.05, 0.1) is 16.6 Å². The third-order valence-corrected chi connectivity index (χ3v) is 4.10. The minimum atomic E-state index is -0.671. The summed E-state index contributed by atoms with van der Waals surface area (Å²) in [4.78, 5) is 0. The van der Waals surface area contributed by atoms with Crippen LogP contribution in [0.5, 0.6) is 0 Å². The summed E-state index contributed by atoms with van der Waals surface area (Å²) in [5, 5.41) is 11.9. The molecule has 0 bridgehead atoms. The van der Waals surface area contributed by atoms with Crippen molar-refractivity contribution in [1.29, 1.82) is 0 Å². The van der Waals surface area contributed by atoms with E-state index in [0.29, 0.717) is 5.01 Å². The van der Waals surface area contributed by atoms with E-state index >= 15 is 0 Å². The molecule has 1 heterocycles. The Hall–Kier alpha value is -1.11. The van der Waals surface area contributed by atoms with Crippen LogP contribution in [0.2, 0.25) is 5.02 Å². The molecule has 0 spiro atoms. The Morgan fingerprint density at radius 3 is 2.68 bits per heavy atom. The van der Waals surface area contributed by atoms with Crippen molar-refractivity contribution in [2.75, 3.05) is 7.05 Å². The Bertz CT molecular complexity index is 584. The molecule has 0 aliphatic heterocycles. The maximum Gasteiger partial charge on any atom is 0.150 e. The highest BCUT2D eigenvalue weighted by molar-refractivity contribution is 7.14. The quantitative estimate of drug-likeness (QED) is 0.873. The van der Waals surface area contributed by atoms with Crippen molar-refractivity contribution < 1.29 is 8.78 Å². The van der Waals surface area contributed by atoms with Gasteiger partial charge < -0.3 is 5.32 Å². The van der Waals surface area contributed by atoms with Crippen molar-refractivity contribution >= 4 is 22.9 Å². The molecule has 0 amide bonds. The lowest BCUT2D eigenvalue weighted by Gasteiger charge is -2.08. The second kappa shape index (κ2) is 5.90. The number of hydrogen-bond acceptors (Lipinski definition) is 4. The molecule has 0 aliphatic carbocycles. The minimum absolute atomic E-state index is 0.0615. The van der Waals surface area contributed by atoms with Gasteiger partial charge in [0.25, 0.3) is 0 Å². The molecule has 0 fully saturated rings. The van der Waals surface area contributed by atoms with Gasteiger partial charge in [0.2, 0.25) is 0 Å². The average molecular weight is 304 g/mol. The molecule has 1 unspecified atom stereocenters. The van der Waals surface area contributed by atoms with Gasteiger partial charge in [-0.3, -0.25) is 0 Å². The third kappa shape index (κ3) is 2.91. The number of hydrogen-bond donors (Lipinski definition) is 1. The molecule has 7 heteroatoms. The van der Waals surface area contributed by atoms with E-state index in [9.17, 15) is 8.78 Å². The van der Waals surface area contributed by atoms with Crippen LogP contribution in [0.1, 0.15) is 24.4 Å². The first-order chi connectivity index (χ1) is 9.06. The predicted octanol–water partition coefficient (Wildman–Crippen LogP) is 3.81. The van der Waals surface area contributed by atoms with Crippen molar-refractivity contribution in [3.8, 4) is 10.6 Å². The van der Waals surface area contributed by atoms with Crippen LogP contribution in [0.25, 0.3) is 10.6 Å². The van der Waals surface area contributed by atoms with E-state index in [1.54, 1.807) is 0 Å². The van der Waals surface area contributed by atoms with E-state index in [1.165, 1.54) is 11.3 Å². The Morgan fingerprint density at radius 1 is 1.32 bits per heavy atom. The van der Waals surface area contributed by atoms with Gasteiger partial charge in [0.15, 0.2) is 5.01 Å². The molecule has 102 valence electrons. The molecular formula is C12H12ClF2N3S. The topological polar surface area (TPSA) is 37.8 Å². The van der Waals surface area contributed by atoms with Gasteiger partial charge in [-0.1, -0.05) is 29.9 Å². The van der Waals surface area contributed by atoms with Crippen molar-refractivity contribution in [3.63, 3.8) is 0 Å². The maximum atomic E-state index is 13.8. The van der Waals surface area contributed by atoms with Crippen LogP contribution in [-0.2, 0) is 0 Å². The zero-order valence-corrected chi connectivity index (χ0v) is 11.9. The Balaban J connectivity index is 2.40. The van der Waals surface area contributed by atoms with Crippen LogP contribution in [0.3, 0.4) is 0 Å². The van der Waals surface area contributed by atoms with Crippen LogP contribution in [0.15, 0.2) is 12.1 Å². The predicted molar refractivity (Wildman–Crippen MR) is 72.4 cm³/mol. The van der Waals surface area contributed by atoms with Gasteiger partial charge in [-0.2, -0.15) is 0 Å². The molecule has 0 radical (unpaired) electrons. The highest BCUT2D eigenvalue weighted by Crippen LogP contribution is 2.32. The number of halogens is 3. The SMILES string of the molecule is CCC(NC)c1nnc(-c2cc(F)c(Cl)cc2F)s1. The van der Waals surface area contributed by atoms with Gasteiger partial charge in [-0.05, 0) is 25.6 Å². The number of rotatable bonds is 4. The van der Waals surface area contributed by atoms with E-state index < -0.39 is 11.6 Å². The molecule has 3 nitrogen and oxygen atoms in total. The highest BCUT2D eigenvalue weighted by Gasteiger charge is 2.17. The first-order valence-corrected chi connectivity index (χ1v) is 6.91. The summed E-state index contributed by atoms with van der Waals surface area (Å²) in [5.41, 5.74) is 0.0802. The minimum Gasteiger partial charge on any atom is -0.311 e. The number of benzene rings is 1. The second-order valence-corrected chi connectivity index (χ2v) is 5.36. The molecule has 2 rings (SSSR count).